The van der Waals surface area contributed by atoms with Crippen LogP contribution in [0.25, 0.3) is 16.9 Å². The lowest BCUT2D eigenvalue weighted by Gasteiger charge is -2.10. The van der Waals surface area contributed by atoms with E-state index in [-0.39, 0.29) is 0 Å². The van der Waals surface area contributed by atoms with Gasteiger partial charge in [0.2, 0.25) is 0 Å². The summed E-state index contributed by atoms with van der Waals surface area (Å²) in [5.74, 6) is 1.60. The number of pyridine rings is 1. The molecule has 0 bridgehead atoms. The lowest BCUT2D eigenvalue weighted by Crippen LogP contribution is -2.16. The molecule has 1 unspecified atom stereocenters. The van der Waals surface area contributed by atoms with Gasteiger partial charge in [0.05, 0.1) is 35.3 Å². The second-order valence-electron chi connectivity index (χ2n) is 6.85. The Hall–Kier alpha value is -3.53. The van der Waals surface area contributed by atoms with Crippen molar-refractivity contribution >= 4 is 11.0 Å². The van der Waals surface area contributed by atoms with Crippen molar-refractivity contribution in [2.45, 2.75) is 26.1 Å². The van der Waals surface area contributed by atoms with Crippen LogP contribution in [0.1, 0.15) is 35.5 Å². The molecule has 2 aromatic heterocycles. The van der Waals surface area contributed by atoms with Crippen molar-refractivity contribution in [2.75, 3.05) is 0 Å². The Labute approximate surface area is 169 Å². The standard InChI is InChI=1S/C23H21N5O/c1-16(29)19-5-4-6-20-23(19)27-22(28(20)21-7-2-3-12-26-21)15-25-14-18-10-8-17(13-24)9-11-18/h2-12,16,25,29H,14-15H2,1H3. The summed E-state index contributed by atoms with van der Waals surface area (Å²) in [6.07, 6.45) is 1.15. The van der Waals surface area contributed by atoms with E-state index < -0.39 is 6.10 Å². The molecule has 4 rings (SSSR count). The molecule has 0 aliphatic heterocycles. The number of fused-ring (bicyclic) bond motifs is 1. The SMILES string of the molecule is CC(O)c1cccc2c1nc(CNCc1ccc(C#N)cc1)n2-c1ccccn1. The van der Waals surface area contributed by atoms with E-state index in [0.717, 1.165) is 33.8 Å². The van der Waals surface area contributed by atoms with Crippen molar-refractivity contribution in [3.05, 3.63) is 89.4 Å². The van der Waals surface area contributed by atoms with Crippen molar-refractivity contribution in [2.24, 2.45) is 0 Å². The molecule has 6 nitrogen and oxygen atoms in total. The fraction of sp³-hybridized carbons (Fsp3) is 0.174. The largest absolute Gasteiger partial charge is 0.389 e. The molecular formula is C23H21N5O. The van der Waals surface area contributed by atoms with Crippen LogP contribution in [0.2, 0.25) is 0 Å². The Morgan fingerprint density at radius 1 is 1.07 bits per heavy atom. The minimum atomic E-state index is -0.606. The highest BCUT2D eigenvalue weighted by molar-refractivity contribution is 5.81. The molecule has 0 amide bonds. The number of hydrogen-bond acceptors (Lipinski definition) is 5. The molecule has 0 aliphatic carbocycles. The van der Waals surface area contributed by atoms with Gasteiger partial charge in [0, 0.05) is 18.3 Å². The van der Waals surface area contributed by atoms with Crippen molar-refractivity contribution < 1.29 is 5.11 Å². The van der Waals surface area contributed by atoms with Crippen LogP contribution in [-0.4, -0.2) is 19.6 Å². The number of imidazole rings is 1. The summed E-state index contributed by atoms with van der Waals surface area (Å²) in [4.78, 5) is 9.32. The average Bonchev–Trinajstić information content (AvgIpc) is 3.13. The lowest BCUT2D eigenvalue weighted by atomic mass is 10.1. The van der Waals surface area contributed by atoms with Gasteiger partial charge in [0.25, 0.3) is 0 Å². The highest BCUT2D eigenvalue weighted by atomic mass is 16.3. The Kier molecular flexibility index (Phi) is 5.34. The second-order valence-corrected chi connectivity index (χ2v) is 6.85. The van der Waals surface area contributed by atoms with Gasteiger partial charge in [-0.15, -0.1) is 0 Å². The Morgan fingerprint density at radius 2 is 1.90 bits per heavy atom. The number of rotatable bonds is 6. The number of aliphatic hydroxyl groups excluding tert-OH is 1. The number of aliphatic hydroxyl groups is 1. The first-order valence-corrected chi connectivity index (χ1v) is 9.47. The summed E-state index contributed by atoms with van der Waals surface area (Å²) in [6, 6.07) is 21.2. The van der Waals surface area contributed by atoms with E-state index in [0.29, 0.717) is 18.7 Å². The summed E-state index contributed by atoms with van der Waals surface area (Å²) in [7, 11) is 0. The molecule has 29 heavy (non-hydrogen) atoms. The monoisotopic (exact) mass is 383 g/mol. The third kappa shape index (κ3) is 3.87. The van der Waals surface area contributed by atoms with E-state index in [1.165, 1.54) is 0 Å². The van der Waals surface area contributed by atoms with E-state index >= 15 is 0 Å². The number of para-hydroxylation sites is 1. The van der Waals surface area contributed by atoms with Crippen molar-refractivity contribution in [1.29, 1.82) is 5.26 Å². The summed E-state index contributed by atoms with van der Waals surface area (Å²) in [5, 5.41) is 22.5. The van der Waals surface area contributed by atoms with Gasteiger partial charge >= 0.3 is 0 Å². The Bertz CT molecular complexity index is 1160. The lowest BCUT2D eigenvalue weighted by molar-refractivity contribution is 0.200. The number of hydrogen-bond donors (Lipinski definition) is 2. The number of aromatic nitrogens is 3. The number of nitrogens with one attached hydrogen (secondary N) is 1. The molecule has 0 aliphatic rings. The molecule has 2 heterocycles. The van der Waals surface area contributed by atoms with Gasteiger partial charge in [-0.2, -0.15) is 5.26 Å². The fourth-order valence-corrected chi connectivity index (χ4v) is 3.38. The third-order valence-corrected chi connectivity index (χ3v) is 4.81. The smallest absolute Gasteiger partial charge is 0.138 e. The predicted octanol–water partition coefficient (Wildman–Crippen LogP) is 3.64. The first-order chi connectivity index (χ1) is 14.2. The minimum Gasteiger partial charge on any atom is -0.389 e. The molecule has 2 aromatic carbocycles. The van der Waals surface area contributed by atoms with E-state index in [9.17, 15) is 5.11 Å². The van der Waals surface area contributed by atoms with Gasteiger partial charge in [-0.05, 0) is 42.8 Å². The van der Waals surface area contributed by atoms with E-state index in [1.807, 2.05) is 65.2 Å². The number of nitriles is 1. The van der Waals surface area contributed by atoms with Crippen LogP contribution in [0.4, 0.5) is 0 Å². The van der Waals surface area contributed by atoms with Gasteiger partial charge in [-0.1, -0.05) is 30.3 Å². The molecule has 144 valence electrons. The van der Waals surface area contributed by atoms with Gasteiger partial charge in [-0.3, -0.25) is 4.57 Å². The second kappa shape index (κ2) is 8.23. The van der Waals surface area contributed by atoms with Crippen LogP contribution in [-0.2, 0) is 13.1 Å². The van der Waals surface area contributed by atoms with E-state index in [2.05, 4.69) is 16.4 Å². The average molecular weight is 383 g/mol. The van der Waals surface area contributed by atoms with Crippen LogP contribution in [0.3, 0.4) is 0 Å². The molecule has 6 heteroatoms. The Morgan fingerprint density at radius 3 is 2.59 bits per heavy atom. The summed E-state index contributed by atoms with van der Waals surface area (Å²) in [6.45, 7) is 2.93. The van der Waals surface area contributed by atoms with Crippen molar-refractivity contribution in [3.63, 3.8) is 0 Å². The number of benzene rings is 2. The van der Waals surface area contributed by atoms with E-state index in [1.54, 1.807) is 13.1 Å². The molecular weight excluding hydrogens is 362 g/mol. The molecule has 0 spiro atoms. The maximum atomic E-state index is 10.2. The summed E-state index contributed by atoms with van der Waals surface area (Å²) < 4.78 is 2.02. The van der Waals surface area contributed by atoms with Crippen LogP contribution < -0.4 is 5.32 Å². The summed E-state index contributed by atoms with van der Waals surface area (Å²) >= 11 is 0. The van der Waals surface area contributed by atoms with Gasteiger partial charge < -0.3 is 10.4 Å². The molecule has 4 aromatic rings. The highest BCUT2D eigenvalue weighted by Crippen LogP contribution is 2.27. The van der Waals surface area contributed by atoms with Gasteiger partial charge in [-0.25, -0.2) is 9.97 Å². The zero-order chi connectivity index (χ0) is 20.2. The molecule has 1 atom stereocenters. The molecule has 0 radical (unpaired) electrons. The summed E-state index contributed by atoms with van der Waals surface area (Å²) in [5.41, 5.74) is 4.23. The molecule has 0 saturated carbocycles. The molecule has 0 saturated heterocycles. The predicted molar refractivity (Wildman–Crippen MR) is 111 cm³/mol. The van der Waals surface area contributed by atoms with Crippen molar-refractivity contribution in [1.82, 2.24) is 19.9 Å². The number of nitrogens with zero attached hydrogens (tertiary/aromatic N) is 4. The zero-order valence-electron chi connectivity index (χ0n) is 16.1. The van der Waals surface area contributed by atoms with Gasteiger partial charge in [0.1, 0.15) is 11.6 Å². The van der Waals surface area contributed by atoms with Crippen LogP contribution >= 0.6 is 0 Å². The quantitative estimate of drug-likeness (QED) is 0.531. The maximum Gasteiger partial charge on any atom is 0.138 e. The first-order valence-electron chi connectivity index (χ1n) is 9.47. The van der Waals surface area contributed by atoms with Crippen LogP contribution in [0, 0.1) is 11.3 Å². The maximum absolute atomic E-state index is 10.2. The minimum absolute atomic E-state index is 0.532. The van der Waals surface area contributed by atoms with Crippen LogP contribution in [0.15, 0.2) is 66.9 Å². The first kappa shape index (κ1) is 18.8. The van der Waals surface area contributed by atoms with Crippen molar-refractivity contribution in [3.8, 4) is 11.9 Å². The fourth-order valence-electron chi connectivity index (χ4n) is 3.38. The zero-order valence-corrected chi connectivity index (χ0v) is 16.1. The molecule has 0 fully saturated rings. The Balaban J connectivity index is 1.67. The third-order valence-electron chi connectivity index (χ3n) is 4.81. The molecule has 2 N–H and O–H groups in total. The topological polar surface area (TPSA) is 86.8 Å². The van der Waals surface area contributed by atoms with Gasteiger partial charge in [0.15, 0.2) is 0 Å². The van der Waals surface area contributed by atoms with Crippen LogP contribution in [0.5, 0.6) is 0 Å². The van der Waals surface area contributed by atoms with E-state index in [4.69, 9.17) is 10.2 Å². The normalized spacial score (nSPS) is 12.0. The highest BCUT2D eigenvalue weighted by Gasteiger charge is 2.17.